The second-order valence-electron chi connectivity index (χ2n) is 5.52. The van der Waals surface area contributed by atoms with E-state index in [0.29, 0.717) is 5.92 Å². The van der Waals surface area contributed by atoms with Crippen LogP contribution < -0.4 is 0 Å². The van der Waals surface area contributed by atoms with Crippen LogP contribution in [0.1, 0.15) is 42.4 Å². The molecule has 2 aromatic rings. The molecule has 20 heavy (non-hydrogen) atoms. The monoisotopic (exact) mass is 290 g/mol. The van der Waals surface area contributed by atoms with Crippen LogP contribution in [-0.2, 0) is 13.7 Å². The molecule has 0 aliphatic rings. The summed E-state index contributed by atoms with van der Waals surface area (Å²) >= 11 is 1.72. The van der Waals surface area contributed by atoms with Crippen molar-refractivity contribution in [3.8, 4) is 0 Å². The molecule has 0 atom stereocenters. The fraction of sp³-hybridized carbons (Fsp3) is 0.438. The van der Waals surface area contributed by atoms with Crippen LogP contribution in [0.3, 0.4) is 0 Å². The number of nitrogens with zero attached hydrogens (tertiary/aromatic N) is 2. The van der Waals surface area contributed by atoms with Gasteiger partial charge in [0, 0.05) is 11.9 Å². The number of hydrogen-bond acceptors (Lipinski definition) is 3. The molecule has 0 unspecified atom stereocenters. The molecule has 0 saturated heterocycles. The minimum Gasteiger partial charge on any atom is -0.388 e. The molecule has 0 spiro atoms. The summed E-state index contributed by atoms with van der Waals surface area (Å²) in [6.45, 7) is 8.47. The molecule has 0 amide bonds. The van der Waals surface area contributed by atoms with Crippen LogP contribution in [0.2, 0.25) is 0 Å². The summed E-state index contributed by atoms with van der Waals surface area (Å²) in [4.78, 5) is 5.78. The molecule has 0 aliphatic carbocycles. The summed E-state index contributed by atoms with van der Waals surface area (Å²) in [6.07, 6.45) is 0. The van der Waals surface area contributed by atoms with E-state index in [9.17, 15) is 5.11 Å². The SMILES string of the molecule is Cc1cc(C)cc(Sc2c(C(C)C)nc(CO)n2C)c1. The number of rotatable bonds is 4. The largest absolute Gasteiger partial charge is 0.388 e. The Kier molecular flexibility index (Phi) is 4.55. The lowest BCUT2D eigenvalue weighted by atomic mass is 10.1. The Bertz CT molecular complexity index is 597. The Morgan fingerprint density at radius 3 is 2.30 bits per heavy atom. The molecule has 0 radical (unpaired) electrons. The van der Waals surface area contributed by atoms with E-state index >= 15 is 0 Å². The Hall–Kier alpha value is -1.26. The quantitative estimate of drug-likeness (QED) is 0.930. The van der Waals surface area contributed by atoms with Gasteiger partial charge in [-0.1, -0.05) is 31.7 Å². The molecule has 108 valence electrons. The Balaban J connectivity index is 2.44. The van der Waals surface area contributed by atoms with Gasteiger partial charge in [0.1, 0.15) is 17.5 Å². The summed E-state index contributed by atoms with van der Waals surface area (Å²) in [5.41, 5.74) is 3.59. The highest BCUT2D eigenvalue weighted by Crippen LogP contribution is 2.35. The summed E-state index contributed by atoms with van der Waals surface area (Å²) in [5.74, 6) is 1.07. The fourth-order valence-electron chi connectivity index (χ4n) is 2.29. The first-order valence-electron chi connectivity index (χ1n) is 6.85. The van der Waals surface area contributed by atoms with E-state index in [2.05, 4.69) is 50.9 Å². The van der Waals surface area contributed by atoms with Gasteiger partial charge in [0.25, 0.3) is 0 Å². The average Bonchev–Trinajstić information content (AvgIpc) is 2.65. The molecular weight excluding hydrogens is 268 g/mol. The zero-order valence-electron chi connectivity index (χ0n) is 12.8. The van der Waals surface area contributed by atoms with E-state index in [1.165, 1.54) is 16.0 Å². The lowest BCUT2D eigenvalue weighted by Crippen LogP contribution is -1.98. The first-order chi connectivity index (χ1) is 9.42. The number of aromatic nitrogens is 2. The molecule has 1 N–H and O–H groups in total. The number of hydrogen-bond donors (Lipinski definition) is 1. The maximum absolute atomic E-state index is 9.40. The molecule has 0 bridgehead atoms. The van der Waals surface area contributed by atoms with Crippen molar-refractivity contribution < 1.29 is 5.11 Å². The van der Waals surface area contributed by atoms with Crippen LogP contribution in [0.5, 0.6) is 0 Å². The van der Waals surface area contributed by atoms with Gasteiger partial charge in [-0.15, -0.1) is 0 Å². The number of benzene rings is 1. The second-order valence-corrected chi connectivity index (χ2v) is 6.58. The zero-order chi connectivity index (χ0) is 14.9. The van der Waals surface area contributed by atoms with Crippen molar-refractivity contribution in [1.82, 2.24) is 9.55 Å². The number of imidazole rings is 1. The molecule has 3 nitrogen and oxygen atoms in total. The highest BCUT2D eigenvalue weighted by atomic mass is 32.2. The predicted molar refractivity (Wildman–Crippen MR) is 83.3 cm³/mol. The number of aryl methyl sites for hydroxylation is 2. The lowest BCUT2D eigenvalue weighted by molar-refractivity contribution is 0.266. The average molecular weight is 290 g/mol. The Labute approximate surface area is 125 Å². The molecule has 4 heteroatoms. The zero-order valence-corrected chi connectivity index (χ0v) is 13.6. The third-order valence-electron chi connectivity index (χ3n) is 3.26. The minimum absolute atomic E-state index is 0.0242. The van der Waals surface area contributed by atoms with Gasteiger partial charge in [-0.05, 0) is 43.0 Å². The second kappa shape index (κ2) is 6.02. The van der Waals surface area contributed by atoms with Gasteiger partial charge in [-0.2, -0.15) is 0 Å². The standard InChI is InChI=1S/C16H22N2OS/c1-10(2)15-16(18(5)14(9-19)17-15)20-13-7-11(3)6-12(4)8-13/h6-8,10,19H,9H2,1-5H3. The summed E-state index contributed by atoms with van der Waals surface area (Å²) in [6, 6.07) is 6.55. The Morgan fingerprint density at radius 2 is 1.80 bits per heavy atom. The van der Waals surface area contributed by atoms with Gasteiger partial charge in [-0.3, -0.25) is 0 Å². The van der Waals surface area contributed by atoms with Crippen LogP contribution >= 0.6 is 11.8 Å². The van der Waals surface area contributed by atoms with Crippen molar-refractivity contribution in [3.63, 3.8) is 0 Å². The van der Waals surface area contributed by atoms with Crippen LogP contribution in [0.15, 0.2) is 28.1 Å². The van der Waals surface area contributed by atoms with Crippen molar-refractivity contribution in [2.75, 3.05) is 0 Å². The molecule has 0 saturated carbocycles. The van der Waals surface area contributed by atoms with Crippen molar-refractivity contribution in [3.05, 3.63) is 40.8 Å². The van der Waals surface area contributed by atoms with E-state index < -0.39 is 0 Å². The van der Waals surface area contributed by atoms with Crippen molar-refractivity contribution in [2.24, 2.45) is 7.05 Å². The van der Waals surface area contributed by atoms with Gasteiger partial charge in [0.05, 0.1) is 5.69 Å². The van der Waals surface area contributed by atoms with E-state index in [4.69, 9.17) is 0 Å². The van der Waals surface area contributed by atoms with Crippen molar-refractivity contribution >= 4 is 11.8 Å². The van der Waals surface area contributed by atoms with Crippen LogP contribution in [0, 0.1) is 13.8 Å². The molecular formula is C16H22N2OS. The summed E-state index contributed by atoms with van der Waals surface area (Å²) in [7, 11) is 1.97. The Morgan fingerprint density at radius 1 is 1.20 bits per heavy atom. The maximum atomic E-state index is 9.40. The van der Waals surface area contributed by atoms with Gasteiger partial charge < -0.3 is 9.67 Å². The molecule has 2 rings (SSSR count). The topological polar surface area (TPSA) is 38.1 Å². The van der Waals surface area contributed by atoms with Gasteiger partial charge in [-0.25, -0.2) is 4.98 Å². The minimum atomic E-state index is -0.0242. The maximum Gasteiger partial charge on any atom is 0.135 e. The van der Waals surface area contributed by atoms with E-state index in [-0.39, 0.29) is 6.61 Å². The molecule has 0 aliphatic heterocycles. The van der Waals surface area contributed by atoms with Gasteiger partial charge in [0.15, 0.2) is 0 Å². The van der Waals surface area contributed by atoms with Crippen LogP contribution in [0.4, 0.5) is 0 Å². The first kappa shape index (κ1) is 15.1. The van der Waals surface area contributed by atoms with Crippen molar-refractivity contribution in [2.45, 2.75) is 50.1 Å². The van der Waals surface area contributed by atoms with Crippen LogP contribution in [-0.4, -0.2) is 14.7 Å². The molecule has 1 aromatic heterocycles. The summed E-state index contributed by atoms with van der Waals surface area (Å²) < 4.78 is 2.00. The first-order valence-corrected chi connectivity index (χ1v) is 7.66. The highest BCUT2D eigenvalue weighted by molar-refractivity contribution is 7.99. The normalized spacial score (nSPS) is 11.3. The van der Waals surface area contributed by atoms with Crippen molar-refractivity contribution in [1.29, 1.82) is 0 Å². The predicted octanol–water partition coefficient (Wildman–Crippen LogP) is 3.80. The number of aliphatic hydroxyl groups is 1. The molecule has 1 aromatic carbocycles. The third-order valence-corrected chi connectivity index (χ3v) is 4.41. The number of aliphatic hydroxyl groups excluding tert-OH is 1. The highest BCUT2D eigenvalue weighted by Gasteiger charge is 2.18. The van der Waals surface area contributed by atoms with E-state index in [1.807, 2.05) is 11.6 Å². The fourth-order valence-corrected chi connectivity index (χ4v) is 3.63. The lowest BCUT2D eigenvalue weighted by Gasteiger charge is -2.10. The van der Waals surface area contributed by atoms with Gasteiger partial charge >= 0.3 is 0 Å². The molecule has 0 fully saturated rings. The summed E-state index contributed by atoms with van der Waals surface area (Å²) in [5, 5.41) is 10.5. The third kappa shape index (κ3) is 3.07. The van der Waals surface area contributed by atoms with Gasteiger partial charge in [0.2, 0.25) is 0 Å². The van der Waals surface area contributed by atoms with E-state index in [0.717, 1.165) is 16.5 Å². The smallest absolute Gasteiger partial charge is 0.135 e. The van der Waals surface area contributed by atoms with Crippen LogP contribution in [0.25, 0.3) is 0 Å². The van der Waals surface area contributed by atoms with E-state index in [1.54, 1.807) is 11.8 Å². The molecule has 1 heterocycles.